The highest BCUT2D eigenvalue weighted by atomic mass is 16.5. The third-order valence-electron chi connectivity index (χ3n) is 5.19. The molecule has 3 rings (SSSR count). The summed E-state index contributed by atoms with van der Waals surface area (Å²) < 4.78 is 5.71. The van der Waals surface area contributed by atoms with E-state index in [1.165, 1.54) is 0 Å². The zero-order valence-corrected chi connectivity index (χ0v) is 18.7. The van der Waals surface area contributed by atoms with Gasteiger partial charge in [-0.3, -0.25) is 4.79 Å². The van der Waals surface area contributed by atoms with Crippen LogP contribution in [0.2, 0.25) is 0 Å². The smallest absolute Gasteiger partial charge is 0.255 e. The molecule has 0 saturated heterocycles. The van der Waals surface area contributed by atoms with Gasteiger partial charge in [-0.15, -0.1) is 0 Å². The maximum absolute atomic E-state index is 13.0. The summed E-state index contributed by atoms with van der Waals surface area (Å²) >= 11 is 0. The van der Waals surface area contributed by atoms with Crippen LogP contribution in [0.1, 0.15) is 38.7 Å². The normalized spacial score (nSPS) is 11.8. The molecular weight excluding hydrogens is 400 g/mol. The number of ether oxygens (including phenoxy) is 1. The van der Waals surface area contributed by atoms with Crippen molar-refractivity contribution in [3.63, 3.8) is 0 Å². The Morgan fingerprint density at radius 1 is 0.906 bits per heavy atom. The highest BCUT2D eigenvalue weighted by molar-refractivity contribution is 6.04. The lowest BCUT2D eigenvalue weighted by molar-refractivity contribution is 0.102. The molecule has 1 unspecified atom stereocenters. The highest BCUT2D eigenvalue weighted by Gasteiger charge is 2.15. The number of benzene rings is 3. The van der Waals surface area contributed by atoms with Crippen molar-refractivity contribution in [2.75, 3.05) is 31.6 Å². The minimum Gasteiger partial charge on any atom is -0.492 e. The van der Waals surface area contributed by atoms with Crippen molar-refractivity contribution in [1.29, 1.82) is 0 Å². The van der Waals surface area contributed by atoms with Gasteiger partial charge in [-0.1, -0.05) is 42.5 Å². The molecule has 0 aromatic heterocycles. The summed E-state index contributed by atoms with van der Waals surface area (Å²) in [6.07, 6.45) is 0. The third-order valence-corrected chi connectivity index (χ3v) is 5.19. The molecule has 6 heteroatoms. The molecule has 3 aromatic carbocycles. The summed E-state index contributed by atoms with van der Waals surface area (Å²) in [5.41, 5.74) is 16.6. The second kappa shape index (κ2) is 11.4. The second-order valence-electron chi connectivity index (χ2n) is 7.74. The minimum atomic E-state index is -0.162. The van der Waals surface area contributed by atoms with E-state index in [9.17, 15) is 4.79 Å². The van der Waals surface area contributed by atoms with Crippen LogP contribution in [0.3, 0.4) is 0 Å². The molecule has 32 heavy (non-hydrogen) atoms. The largest absolute Gasteiger partial charge is 0.492 e. The summed E-state index contributed by atoms with van der Waals surface area (Å²) in [7, 11) is 0. The molecule has 0 aliphatic rings. The van der Waals surface area contributed by atoms with Crippen LogP contribution in [0.15, 0.2) is 66.7 Å². The van der Waals surface area contributed by atoms with E-state index < -0.39 is 0 Å². The van der Waals surface area contributed by atoms with Crippen LogP contribution < -0.4 is 26.8 Å². The molecule has 6 N–H and O–H groups in total. The highest BCUT2D eigenvalue weighted by Crippen LogP contribution is 2.27. The molecule has 0 aliphatic carbocycles. The number of rotatable bonds is 10. The molecule has 0 fully saturated rings. The number of nitrogens with one attached hydrogen (secondary N) is 2. The number of anilines is 1. The van der Waals surface area contributed by atoms with Gasteiger partial charge >= 0.3 is 0 Å². The van der Waals surface area contributed by atoms with Gasteiger partial charge in [-0.25, -0.2) is 0 Å². The van der Waals surface area contributed by atoms with Gasteiger partial charge in [0.1, 0.15) is 12.4 Å². The Morgan fingerprint density at radius 2 is 1.59 bits per heavy atom. The molecule has 3 aromatic rings. The van der Waals surface area contributed by atoms with E-state index in [-0.39, 0.29) is 11.9 Å². The number of carbonyl (C=O) groups excluding carboxylic acids is 1. The van der Waals surface area contributed by atoms with Crippen molar-refractivity contribution in [3.8, 4) is 5.75 Å². The first-order valence-electron chi connectivity index (χ1n) is 10.9. The summed E-state index contributed by atoms with van der Waals surface area (Å²) in [6.45, 7) is 5.99. The molecule has 0 aliphatic heterocycles. The first-order chi connectivity index (χ1) is 15.5. The Balaban J connectivity index is 1.81. The van der Waals surface area contributed by atoms with Crippen LogP contribution >= 0.6 is 0 Å². The zero-order chi connectivity index (χ0) is 22.9. The van der Waals surface area contributed by atoms with Crippen molar-refractivity contribution < 1.29 is 9.53 Å². The van der Waals surface area contributed by atoms with Gasteiger partial charge in [0.2, 0.25) is 0 Å². The van der Waals surface area contributed by atoms with Gasteiger partial charge in [0.25, 0.3) is 5.91 Å². The number of aryl methyl sites for hydroxylation is 2. The quantitative estimate of drug-likeness (QED) is 0.393. The lowest BCUT2D eigenvalue weighted by Gasteiger charge is -2.20. The zero-order valence-electron chi connectivity index (χ0n) is 18.7. The standard InChI is InChI=1S/C26H32N4O2/c1-18-15-22(16-19(2)25(18)32-14-12-28)26(31)30-23-10-6-9-21(17-23)24(29-13-11-27)20-7-4-3-5-8-20/h3-10,15-17,24,29H,11-14,27-28H2,1-2H3,(H,30,31). The Hall–Kier alpha value is -3.19. The van der Waals surface area contributed by atoms with Gasteiger partial charge < -0.3 is 26.8 Å². The molecule has 0 saturated carbocycles. The first kappa shape index (κ1) is 23.5. The van der Waals surface area contributed by atoms with E-state index >= 15 is 0 Å². The van der Waals surface area contributed by atoms with Crippen LogP contribution in [0.25, 0.3) is 0 Å². The van der Waals surface area contributed by atoms with Gasteiger partial charge in [-0.05, 0) is 60.4 Å². The minimum absolute atomic E-state index is 0.0138. The SMILES string of the molecule is Cc1cc(C(=O)Nc2cccc(C(NCCN)c3ccccc3)c2)cc(C)c1OCCN. The fraction of sp³-hybridized carbons (Fsp3) is 0.269. The van der Waals surface area contributed by atoms with E-state index in [0.717, 1.165) is 33.7 Å². The number of hydrogen-bond donors (Lipinski definition) is 4. The third kappa shape index (κ3) is 5.95. The maximum Gasteiger partial charge on any atom is 0.255 e. The van der Waals surface area contributed by atoms with Crippen LogP contribution in [0.4, 0.5) is 5.69 Å². The van der Waals surface area contributed by atoms with Gasteiger partial charge in [0.05, 0.1) is 6.04 Å². The average Bonchev–Trinajstić information content (AvgIpc) is 2.80. The molecule has 1 amide bonds. The van der Waals surface area contributed by atoms with Crippen molar-refractivity contribution in [2.45, 2.75) is 19.9 Å². The van der Waals surface area contributed by atoms with E-state index in [0.29, 0.717) is 31.8 Å². The lowest BCUT2D eigenvalue weighted by atomic mass is 9.98. The van der Waals surface area contributed by atoms with Crippen LogP contribution in [0.5, 0.6) is 5.75 Å². The second-order valence-corrected chi connectivity index (χ2v) is 7.74. The summed E-state index contributed by atoms with van der Waals surface area (Å²) in [5, 5.41) is 6.52. The molecule has 0 bridgehead atoms. The predicted octanol–water partition coefficient (Wildman–Crippen LogP) is 3.53. The van der Waals surface area contributed by atoms with Gasteiger partial charge in [0.15, 0.2) is 0 Å². The number of carbonyl (C=O) groups is 1. The molecule has 6 nitrogen and oxygen atoms in total. The Kier molecular flexibility index (Phi) is 8.39. The fourth-order valence-corrected chi connectivity index (χ4v) is 3.77. The number of amides is 1. The molecule has 0 heterocycles. The van der Waals surface area contributed by atoms with E-state index in [4.69, 9.17) is 16.2 Å². The van der Waals surface area contributed by atoms with Crippen LogP contribution in [-0.2, 0) is 0 Å². The Morgan fingerprint density at radius 3 is 2.25 bits per heavy atom. The molecule has 1 atom stereocenters. The summed E-state index contributed by atoms with van der Waals surface area (Å²) in [6, 6.07) is 21.8. The molecule has 0 radical (unpaired) electrons. The topological polar surface area (TPSA) is 102 Å². The average molecular weight is 433 g/mol. The van der Waals surface area contributed by atoms with Crippen molar-refractivity contribution in [3.05, 3.63) is 94.5 Å². The number of nitrogens with two attached hydrogens (primary N) is 2. The van der Waals surface area contributed by atoms with Crippen LogP contribution in [0, 0.1) is 13.8 Å². The van der Waals surface area contributed by atoms with Crippen molar-refractivity contribution in [1.82, 2.24) is 5.32 Å². The maximum atomic E-state index is 13.0. The fourth-order valence-electron chi connectivity index (χ4n) is 3.77. The monoisotopic (exact) mass is 432 g/mol. The van der Waals surface area contributed by atoms with Gasteiger partial charge in [-0.2, -0.15) is 0 Å². The number of hydrogen-bond acceptors (Lipinski definition) is 5. The van der Waals surface area contributed by atoms with E-state index in [1.54, 1.807) is 0 Å². The van der Waals surface area contributed by atoms with Gasteiger partial charge in [0, 0.05) is 30.9 Å². The Labute approximate surface area is 190 Å². The van der Waals surface area contributed by atoms with Crippen LogP contribution in [-0.4, -0.2) is 32.1 Å². The van der Waals surface area contributed by atoms with E-state index in [2.05, 4.69) is 28.8 Å². The lowest BCUT2D eigenvalue weighted by Crippen LogP contribution is -2.28. The van der Waals surface area contributed by atoms with E-state index in [1.807, 2.05) is 62.4 Å². The van der Waals surface area contributed by atoms with Crippen molar-refractivity contribution >= 4 is 11.6 Å². The molecule has 168 valence electrons. The first-order valence-corrected chi connectivity index (χ1v) is 10.9. The molecular formula is C26H32N4O2. The Bertz CT molecular complexity index is 1010. The summed E-state index contributed by atoms with van der Waals surface area (Å²) in [4.78, 5) is 13.0. The predicted molar refractivity (Wildman–Crippen MR) is 130 cm³/mol. The molecule has 0 spiro atoms. The van der Waals surface area contributed by atoms with Crippen molar-refractivity contribution in [2.24, 2.45) is 11.5 Å². The summed E-state index contributed by atoms with van der Waals surface area (Å²) in [5.74, 6) is 0.621.